The molecule has 0 bridgehead atoms. The molecular weight excluding hydrogens is 506 g/mol. The van der Waals surface area contributed by atoms with Gasteiger partial charge in [-0.2, -0.15) is 4.31 Å². The minimum atomic E-state index is -3.48. The molecule has 3 heterocycles. The van der Waals surface area contributed by atoms with Crippen molar-refractivity contribution >= 4 is 42.6 Å². The molecule has 2 fully saturated rings. The third-order valence-corrected chi connectivity index (χ3v) is 10.3. The van der Waals surface area contributed by atoms with Gasteiger partial charge < -0.3 is 10.2 Å². The van der Waals surface area contributed by atoms with E-state index in [1.54, 1.807) is 39.9 Å². The predicted octanol–water partition coefficient (Wildman–Crippen LogP) is 3.59. The number of piperidine rings is 1. The highest BCUT2D eigenvalue weighted by Crippen LogP contribution is 2.30. The van der Waals surface area contributed by atoms with Gasteiger partial charge in [0.15, 0.2) is 5.13 Å². The molecule has 2 aromatic carbocycles. The molecule has 10 heteroatoms. The molecule has 2 aliphatic heterocycles. The fourth-order valence-electron chi connectivity index (χ4n) is 4.94. The molecule has 198 valence electrons. The summed E-state index contributed by atoms with van der Waals surface area (Å²) in [6, 6.07) is 12.8. The van der Waals surface area contributed by atoms with E-state index in [0.717, 1.165) is 69.1 Å². The lowest BCUT2D eigenvalue weighted by atomic mass is 10.2. The number of amides is 1. The Bertz CT molecular complexity index is 1330. The molecule has 0 spiro atoms. The fraction of sp³-hybridized carbons (Fsp3) is 0.481. The normalized spacial score (nSPS) is 17.8. The SMILES string of the molecule is CCc1ccc2nc(N3CCN(CCNC(=O)c4ccc(S(=O)(=O)N5CCCCC5)cc4)CC3)sc2c1. The molecule has 3 aromatic rings. The van der Waals surface area contributed by atoms with Crippen molar-refractivity contribution in [2.24, 2.45) is 0 Å². The number of carbonyl (C=O) groups is 1. The highest BCUT2D eigenvalue weighted by atomic mass is 32.2. The average molecular weight is 542 g/mol. The number of anilines is 1. The molecule has 2 aliphatic rings. The number of nitrogens with zero attached hydrogens (tertiary/aromatic N) is 4. The number of rotatable bonds is 8. The number of sulfonamides is 1. The number of aryl methyl sites for hydroxylation is 1. The summed E-state index contributed by atoms with van der Waals surface area (Å²) in [5.41, 5.74) is 2.89. The van der Waals surface area contributed by atoms with Crippen LogP contribution in [0.3, 0.4) is 0 Å². The summed E-state index contributed by atoms with van der Waals surface area (Å²) in [5, 5.41) is 4.06. The molecule has 0 saturated carbocycles. The third kappa shape index (κ3) is 5.98. The van der Waals surface area contributed by atoms with Crippen molar-refractivity contribution in [3.05, 3.63) is 53.6 Å². The van der Waals surface area contributed by atoms with Gasteiger partial charge in [-0.3, -0.25) is 9.69 Å². The molecule has 8 nitrogen and oxygen atoms in total. The van der Waals surface area contributed by atoms with Gasteiger partial charge in [-0.05, 0) is 61.2 Å². The van der Waals surface area contributed by atoms with Gasteiger partial charge in [0, 0.05) is 57.9 Å². The van der Waals surface area contributed by atoms with Gasteiger partial charge in [0.25, 0.3) is 5.91 Å². The highest BCUT2D eigenvalue weighted by molar-refractivity contribution is 7.89. The lowest BCUT2D eigenvalue weighted by molar-refractivity contribution is 0.0947. The largest absolute Gasteiger partial charge is 0.351 e. The molecule has 37 heavy (non-hydrogen) atoms. The minimum absolute atomic E-state index is 0.179. The fourth-order valence-corrected chi connectivity index (χ4v) is 7.54. The van der Waals surface area contributed by atoms with Crippen LogP contribution in [0.2, 0.25) is 0 Å². The summed E-state index contributed by atoms with van der Waals surface area (Å²) in [4.78, 5) is 22.4. The van der Waals surface area contributed by atoms with E-state index in [4.69, 9.17) is 4.98 Å². The smallest absolute Gasteiger partial charge is 0.251 e. The minimum Gasteiger partial charge on any atom is -0.351 e. The van der Waals surface area contributed by atoms with E-state index >= 15 is 0 Å². The van der Waals surface area contributed by atoms with Crippen molar-refractivity contribution in [2.45, 2.75) is 37.5 Å². The zero-order chi connectivity index (χ0) is 25.8. The Morgan fingerprint density at radius 3 is 2.41 bits per heavy atom. The van der Waals surface area contributed by atoms with E-state index in [-0.39, 0.29) is 10.8 Å². The number of hydrogen-bond donors (Lipinski definition) is 1. The van der Waals surface area contributed by atoms with Gasteiger partial charge in [0.1, 0.15) is 0 Å². The number of benzene rings is 2. The van der Waals surface area contributed by atoms with E-state index in [2.05, 4.69) is 40.2 Å². The van der Waals surface area contributed by atoms with Crippen LogP contribution in [0.15, 0.2) is 47.4 Å². The second-order valence-corrected chi connectivity index (χ2v) is 12.7. The van der Waals surface area contributed by atoms with E-state index in [1.807, 2.05) is 0 Å². The monoisotopic (exact) mass is 541 g/mol. The lowest BCUT2D eigenvalue weighted by Crippen LogP contribution is -2.48. The van der Waals surface area contributed by atoms with Gasteiger partial charge in [-0.15, -0.1) is 0 Å². The van der Waals surface area contributed by atoms with E-state index in [0.29, 0.717) is 25.2 Å². The van der Waals surface area contributed by atoms with Crippen molar-refractivity contribution in [3.63, 3.8) is 0 Å². The maximum Gasteiger partial charge on any atom is 0.251 e. The van der Waals surface area contributed by atoms with Crippen molar-refractivity contribution in [1.82, 2.24) is 19.5 Å². The van der Waals surface area contributed by atoms with Crippen LogP contribution in [0, 0.1) is 0 Å². The van der Waals surface area contributed by atoms with Crippen molar-refractivity contribution < 1.29 is 13.2 Å². The Kier molecular flexibility index (Phi) is 8.09. The van der Waals surface area contributed by atoms with Crippen molar-refractivity contribution in [1.29, 1.82) is 0 Å². The van der Waals surface area contributed by atoms with Gasteiger partial charge >= 0.3 is 0 Å². The molecule has 5 rings (SSSR count). The van der Waals surface area contributed by atoms with E-state index < -0.39 is 10.0 Å². The molecule has 1 amide bonds. The maximum absolute atomic E-state index is 12.8. The number of carbonyl (C=O) groups excluding carboxylic acids is 1. The Morgan fingerprint density at radius 2 is 1.70 bits per heavy atom. The Morgan fingerprint density at radius 1 is 0.973 bits per heavy atom. The second-order valence-electron chi connectivity index (χ2n) is 9.73. The molecule has 0 aliphatic carbocycles. The van der Waals surface area contributed by atoms with Gasteiger partial charge in [-0.1, -0.05) is 30.7 Å². The first-order valence-electron chi connectivity index (χ1n) is 13.2. The number of nitrogens with one attached hydrogen (secondary N) is 1. The lowest BCUT2D eigenvalue weighted by Gasteiger charge is -2.34. The maximum atomic E-state index is 12.8. The molecule has 1 N–H and O–H groups in total. The van der Waals surface area contributed by atoms with Crippen LogP contribution < -0.4 is 10.2 Å². The van der Waals surface area contributed by atoms with Crippen LogP contribution in [0.5, 0.6) is 0 Å². The standard InChI is InChI=1S/C27H35N5O3S2/c1-2-21-6-11-24-25(20-21)36-27(29-24)31-18-16-30(17-19-31)15-12-28-26(33)22-7-9-23(10-8-22)37(34,35)32-13-4-3-5-14-32/h6-11,20H,2-5,12-19H2,1H3,(H,28,33). The summed E-state index contributed by atoms with van der Waals surface area (Å²) < 4.78 is 28.4. The summed E-state index contributed by atoms with van der Waals surface area (Å²) in [7, 11) is -3.48. The second kappa shape index (κ2) is 11.5. The Labute approximate surface area is 223 Å². The zero-order valence-electron chi connectivity index (χ0n) is 21.4. The number of piperazine rings is 1. The summed E-state index contributed by atoms with van der Waals surface area (Å²) in [6.45, 7) is 8.32. The van der Waals surface area contributed by atoms with Gasteiger partial charge in [0.05, 0.1) is 15.1 Å². The summed E-state index contributed by atoms with van der Waals surface area (Å²) >= 11 is 1.76. The molecule has 2 saturated heterocycles. The van der Waals surface area contributed by atoms with Crippen LogP contribution >= 0.6 is 11.3 Å². The van der Waals surface area contributed by atoms with Crippen LogP contribution in [0.4, 0.5) is 5.13 Å². The first-order chi connectivity index (χ1) is 17.9. The van der Waals surface area contributed by atoms with Crippen LogP contribution in [-0.4, -0.2) is 80.9 Å². The number of aromatic nitrogens is 1. The van der Waals surface area contributed by atoms with Crippen LogP contribution in [-0.2, 0) is 16.4 Å². The average Bonchev–Trinajstić information content (AvgIpc) is 3.37. The van der Waals surface area contributed by atoms with Crippen LogP contribution in [0.1, 0.15) is 42.1 Å². The number of hydrogen-bond acceptors (Lipinski definition) is 7. The van der Waals surface area contributed by atoms with Crippen molar-refractivity contribution in [2.75, 3.05) is 57.3 Å². The van der Waals surface area contributed by atoms with E-state index in [9.17, 15) is 13.2 Å². The number of fused-ring (bicyclic) bond motifs is 1. The van der Waals surface area contributed by atoms with Gasteiger partial charge in [0.2, 0.25) is 10.0 Å². The van der Waals surface area contributed by atoms with E-state index in [1.165, 1.54) is 10.3 Å². The zero-order valence-corrected chi connectivity index (χ0v) is 23.0. The van der Waals surface area contributed by atoms with Crippen molar-refractivity contribution in [3.8, 4) is 0 Å². The van der Waals surface area contributed by atoms with Gasteiger partial charge in [-0.25, -0.2) is 13.4 Å². The predicted molar refractivity (Wildman–Crippen MR) is 149 cm³/mol. The summed E-state index contributed by atoms with van der Waals surface area (Å²) in [6.07, 6.45) is 3.90. The third-order valence-electron chi connectivity index (χ3n) is 7.28. The molecule has 0 radical (unpaired) electrons. The molecule has 0 unspecified atom stereocenters. The number of thiazole rings is 1. The Hall–Kier alpha value is -2.53. The molecular formula is C27H35N5O3S2. The Balaban J connectivity index is 1.08. The topological polar surface area (TPSA) is 85.9 Å². The summed E-state index contributed by atoms with van der Waals surface area (Å²) in [5.74, 6) is -0.179. The first kappa shape index (κ1) is 26.1. The highest BCUT2D eigenvalue weighted by Gasteiger charge is 2.26. The molecule has 1 aromatic heterocycles. The van der Waals surface area contributed by atoms with Crippen LogP contribution in [0.25, 0.3) is 10.2 Å². The first-order valence-corrected chi connectivity index (χ1v) is 15.4. The molecule has 0 atom stereocenters. The quantitative estimate of drug-likeness (QED) is 0.469.